The van der Waals surface area contributed by atoms with Gasteiger partial charge in [0.05, 0.1) is 0 Å². The number of hydrogen-bond donors (Lipinski definition) is 1. The van der Waals surface area contributed by atoms with E-state index in [1.54, 1.807) is 6.92 Å². The first-order valence-electron chi connectivity index (χ1n) is 5.59. The van der Waals surface area contributed by atoms with Crippen molar-refractivity contribution in [1.29, 1.82) is 5.41 Å². The third-order valence-corrected chi connectivity index (χ3v) is 2.50. The topological polar surface area (TPSA) is 33.1 Å². The van der Waals surface area contributed by atoms with E-state index in [9.17, 15) is 0 Å². The Hall–Kier alpha value is -2.09. The number of rotatable bonds is 3. The van der Waals surface area contributed by atoms with E-state index in [1.807, 2.05) is 60.7 Å². The van der Waals surface area contributed by atoms with E-state index >= 15 is 0 Å². The molecule has 0 bridgehead atoms. The van der Waals surface area contributed by atoms with E-state index in [2.05, 4.69) is 0 Å². The average molecular weight is 225 g/mol. The Morgan fingerprint density at radius 2 is 1.29 bits per heavy atom. The maximum absolute atomic E-state index is 7.50. The van der Waals surface area contributed by atoms with E-state index < -0.39 is 0 Å². The third-order valence-electron chi connectivity index (χ3n) is 2.50. The smallest absolute Gasteiger partial charge is 0.178 e. The summed E-state index contributed by atoms with van der Waals surface area (Å²) in [6.45, 7) is 1.65. The average Bonchev–Trinajstić information content (AvgIpc) is 2.38. The molecule has 2 heteroatoms. The summed E-state index contributed by atoms with van der Waals surface area (Å²) in [5, 5.41) is 7.50. The highest BCUT2D eigenvalue weighted by Gasteiger charge is 2.15. The van der Waals surface area contributed by atoms with E-state index in [0.29, 0.717) is 0 Å². The predicted molar refractivity (Wildman–Crippen MR) is 69.2 cm³/mol. The summed E-state index contributed by atoms with van der Waals surface area (Å²) in [5.41, 5.74) is 2.12. The van der Waals surface area contributed by atoms with Gasteiger partial charge in [-0.15, -0.1) is 0 Å². The molecule has 0 fully saturated rings. The zero-order chi connectivity index (χ0) is 12.1. The maximum Gasteiger partial charge on any atom is 0.178 e. The molecule has 1 N–H and O–H groups in total. The van der Waals surface area contributed by atoms with Crippen LogP contribution in [0.4, 0.5) is 0 Å². The minimum atomic E-state index is -0.199. The lowest BCUT2D eigenvalue weighted by Crippen LogP contribution is -2.09. The quantitative estimate of drug-likeness (QED) is 0.625. The van der Waals surface area contributed by atoms with Crippen molar-refractivity contribution in [2.24, 2.45) is 0 Å². The minimum absolute atomic E-state index is 0.199. The zero-order valence-corrected chi connectivity index (χ0v) is 9.76. The van der Waals surface area contributed by atoms with Crippen LogP contribution in [0.5, 0.6) is 0 Å². The molecule has 0 atom stereocenters. The fourth-order valence-electron chi connectivity index (χ4n) is 1.76. The van der Waals surface area contributed by atoms with E-state index in [-0.39, 0.29) is 12.0 Å². The Kier molecular flexibility index (Phi) is 3.55. The van der Waals surface area contributed by atoms with Gasteiger partial charge in [-0.3, -0.25) is 5.41 Å². The highest BCUT2D eigenvalue weighted by atomic mass is 16.5. The maximum atomic E-state index is 7.50. The second kappa shape index (κ2) is 5.30. The molecule has 86 valence electrons. The number of benzene rings is 2. The van der Waals surface area contributed by atoms with Gasteiger partial charge in [-0.2, -0.15) is 0 Å². The van der Waals surface area contributed by atoms with Gasteiger partial charge in [0, 0.05) is 6.92 Å². The number of nitrogens with one attached hydrogen (secondary N) is 1. The van der Waals surface area contributed by atoms with Gasteiger partial charge in [0.25, 0.3) is 0 Å². The SMILES string of the molecule is CC(=N)OC(c1ccccc1)c1ccccc1. The lowest BCUT2D eigenvalue weighted by atomic mass is 10.0. The van der Waals surface area contributed by atoms with Gasteiger partial charge in [-0.25, -0.2) is 0 Å². The van der Waals surface area contributed by atoms with Crippen LogP contribution in [0.2, 0.25) is 0 Å². The second-order valence-electron chi connectivity index (χ2n) is 3.88. The molecule has 0 aliphatic heterocycles. The van der Waals surface area contributed by atoms with Gasteiger partial charge in [0.2, 0.25) is 0 Å². The van der Waals surface area contributed by atoms with E-state index in [4.69, 9.17) is 10.1 Å². The van der Waals surface area contributed by atoms with Crippen molar-refractivity contribution in [2.75, 3.05) is 0 Å². The van der Waals surface area contributed by atoms with Gasteiger partial charge in [0.15, 0.2) is 12.0 Å². The van der Waals surface area contributed by atoms with Crippen LogP contribution in [0.25, 0.3) is 0 Å². The van der Waals surface area contributed by atoms with Gasteiger partial charge in [0.1, 0.15) is 0 Å². The van der Waals surface area contributed by atoms with Crippen LogP contribution >= 0.6 is 0 Å². The fourth-order valence-corrected chi connectivity index (χ4v) is 1.76. The van der Waals surface area contributed by atoms with Crippen molar-refractivity contribution in [2.45, 2.75) is 13.0 Å². The predicted octanol–water partition coefficient (Wildman–Crippen LogP) is 3.79. The molecule has 0 spiro atoms. The van der Waals surface area contributed by atoms with Crippen molar-refractivity contribution < 1.29 is 4.74 Å². The van der Waals surface area contributed by atoms with Crippen LogP contribution < -0.4 is 0 Å². The Balaban J connectivity index is 2.36. The Morgan fingerprint density at radius 3 is 1.65 bits per heavy atom. The third kappa shape index (κ3) is 2.94. The monoisotopic (exact) mass is 225 g/mol. The molecule has 0 aliphatic carbocycles. The summed E-state index contributed by atoms with van der Waals surface area (Å²) >= 11 is 0. The van der Waals surface area contributed by atoms with Crippen LogP contribution in [-0.4, -0.2) is 5.90 Å². The minimum Gasteiger partial charge on any atom is -0.469 e. The van der Waals surface area contributed by atoms with Crippen molar-refractivity contribution >= 4 is 5.90 Å². The van der Waals surface area contributed by atoms with Crippen LogP contribution in [-0.2, 0) is 4.74 Å². The molecule has 0 unspecified atom stereocenters. The Morgan fingerprint density at radius 1 is 0.882 bits per heavy atom. The number of hydrogen-bond acceptors (Lipinski definition) is 2. The summed E-state index contributed by atoms with van der Waals surface area (Å²) in [5.74, 6) is 0.225. The van der Waals surface area contributed by atoms with Gasteiger partial charge < -0.3 is 4.74 Å². The molecule has 2 nitrogen and oxygen atoms in total. The first-order chi connectivity index (χ1) is 8.27. The van der Waals surface area contributed by atoms with E-state index in [1.165, 1.54) is 0 Å². The van der Waals surface area contributed by atoms with Gasteiger partial charge >= 0.3 is 0 Å². The molecular weight excluding hydrogens is 210 g/mol. The van der Waals surface area contributed by atoms with Crippen LogP contribution in [0.15, 0.2) is 60.7 Å². The summed E-state index contributed by atoms with van der Waals surface area (Å²) in [6.07, 6.45) is -0.199. The molecule has 0 amide bonds. The van der Waals surface area contributed by atoms with Crippen molar-refractivity contribution in [3.8, 4) is 0 Å². The van der Waals surface area contributed by atoms with Crippen molar-refractivity contribution in [1.82, 2.24) is 0 Å². The Bertz CT molecular complexity index is 439. The molecule has 0 saturated carbocycles. The molecular formula is C15H15NO. The molecule has 2 aromatic rings. The summed E-state index contributed by atoms with van der Waals surface area (Å²) in [7, 11) is 0. The van der Waals surface area contributed by atoms with Gasteiger partial charge in [-0.1, -0.05) is 60.7 Å². The van der Waals surface area contributed by atoms with Crippen molar-refractivity contribution in [3.05, 3.63) is 71.8 Å². The molecule has 2 aromatic carbocycles. The van der Waals surface area contributed by atoms with Crippen LogP contribution in [0, 0.1) is 5.41 Å². The lowest BCUT2D eigenvalue weighted by molar-refractivity contribution is 0.229. The molecule has 2 rings (SSSR count). The first-order valence-corrected chi connectivity index (χ1v) is 5.59. The molecule has 17 heavy (non-hydrogen) atoms. The summed E-state index contributed by atoms with van der Waals surface area (Å²) < 4.78 is 5.61. The molecule has 0 aromatic heterocycles. The van der Waals surface area contributed by atoms with Gasteiger partial charge in [-0.05, 0) is 11.1 Å². The lowest BCUT2D eigenvalue weighted by Gasteiger charge is -2.19. The normalized spacial score (nSPS) is 10.2. The molecule has 0 radical (unpaired) electrons. The van der Waals surface area contributed by atoms with Crippen LogP contribution in [0.3, 0.4) is 0 Å². The Labute approximate surface area is 101 Å². The largest absolute Gasteiger partial charge is 0.469 e. The van der Waals surface area contributed by atoms with Crippen LogP contribution in [0.1, 0.15) is 24.2 Å². The highest BCUT2D eigenvalue weighted by molar-refractivity contribution is 5.70. The summed E-state index contributed by atoms with van der Waals surface area (Å²) in [6, 6.07) is 19.9. The number of ether oxygens (including phenoxy) is 1. The first kappa shape index (κ1) is 11.4. The molecule has 0 saturated heterocycles. The highest BCUT2D eigenvalue weighted by Crippen LogP contribution is 2.25. The molecule has 0 aliphatic rings. The zero-order valence-electron chi connectivity index (χ0n) is 9.76. The van der Waals surface area contributed by atoms with E-state index in [0.717, 1.165) is 11.1 Å². The molecule has 0 heterocycles. The summed E-state index contributed by atoms with van der Waals surface area (Å²) in [4.78, 5) is 0. The second-order valence-corrected chi connectivity index (χ2v) is 3.88. The fraction of sp³-hybridized carbons (Fsp3) is 0.133. The standard InChI is InChI=1S/C15H15NO/c1-12(16)17-15(13-8-4-2-5-9-13)14-10-6-3-7-11-14/h2-11,15-16H,1H3. The van der Waals surface area contributed by atoms with Crippen molar-refractivity contribution in [3.63, 3.8) is 0 Å².